The Hall–Kier alpha value is -4.65. The van der Waals surface area contributed by atoms with Crippen molar-refractivity contribution in [2.45, 2.75) is 28.7 Å². The van der Waals surface area contributed by atoms with E-state index in [4.69, 9.17) is 0 Å². The minimum Gasteiger partial charge on any atom is -0.406 e. The Morgan fingerprint density at radius 1 is 0.500 bits per heavy atom. The number of ether oxygens (including phenoxy) is 2. The molecule has 8 nitrogen and oxygen atoms in total. The lowest BCUT2D eigenvalue weighted by Gasteiger charge is -2.17. The summed E-state index contributed by atoms with van der Waals surface area (Å²) in [6.45, 7) is 0. The molecule has 4 aromatic rings. The van der Waals surface area contributed by atoms with Crippen LogP contribution in [0.1, 0.15) is 5.56 Å². The first kappa shape index (κ1) is 34.2. The highest BCUT2D eigenvalue weighted by Gasteiger charge is 2.33. The first-order valence-corrected chi connectivity index (χ1v) is 15.2. The molecule has 0 amide bonds. The van der Waals surface area contributed by atoms with Gasteiger partial charge in [0.05, 0.1) is 26.7 Å². The molecule has 0 fully saturated rings. The van der Waals surface area contributed by atoms with Gasteiger partial charge in [0.2, 0.25) is 0 Å². The largest absolute Gasteiger partial charge is 0.573 e. The number of hydrogen-bond donors (Lipinski definition) is 2. The summed E-state index contributed by atoms with van der Waals surface area (Å²) in [6.07, 6.45) is -14.9. The molecule has 0 radical (unpaired) electrons. The van der Waals surface area contributed by atoms with Crippen LogP contribution in [0, 0.1) is 0 Å². The third kappa shape index (κ3) is 8.96. The second-order valence-corrected chi connectivity index (χ2v) is 12.5. The van der Waals surface area contributed by atoms with Gasteiger partial charge in [-0.25, -0.2) is 16.8 Å². The van der Waals surface area contributed by atoms with E-state index in [9.17, 15) is 56.3 Å². The Morgan fingerprint density at radius 2 is 0.978 bits per heavy atom. The second-order valence-electron chi connectivity index (χ2n) is 9.09. The van der Waals surface area contributed by atoms with Crippen molar-refractivity contribution in [3.05, 3.63) is 96.6 Å². The summed E-state index contributed by atoms with van der Waals surface area (Å²) in [5, 5.41) is 0. The summed E-state index contributed by atoms with van der Waals surface area (Å²) in [5.74, 6) is -1.33. The van der Waals surface area contributed by atoms with Crippen LogP contribution in [-0.2, 0) is 26.2 Å². The van der Waals surface area contributed by atoms with E-state index >= 15 is 0 Å². The van der Waals surface area contributed by atoms with E-state index in [1.165, 1.54) is 18.2 Å². The molecule has 2 N–H and O–H groups in total. The number of sulfonamides is 2. The number of anilines is 2. The van der Waals surface area contributed by atoms with Gasteiger partial charge < -0.3 is 9.47 Å². The third-order valence-corrected chi connectivity index (χ3v) is 8.51. The van der Waals surface area contributed by atoms with E-state index in [0.717, 1.165) is 48.5 Å². The van der Waals surface area contributed by atoms with E-state index < -0.39 is 77.2 Å². The minimum atomic E-state index is -5.07. The Bertz CT molecular complexity index is 1930. The van der Waals surface area contributed by atoms with Gasteiger partial charge in [-0.15, -0.1) is 26.3 Å². The molecule has 0 unspecified atom stereocenters. The molecule has 4 rings (SSSR count). The number of alkyl halides is 9. The molecule has 0 aromatic heterocycles. The van der Waals surface area contributed by atoms with Crippen LogP contribution >= 0.6 is 0 Å². The van der Waals surface area contributed by atoms with Gasteiger partial charge in [0.25, 0.3) is 20.0 Å². The maximum atomic E-state index is 13.2. The van der Waals surface area contributed by atoms with Crippen molar-refractivity contribution in [3.63, 3.8) is 0 Å². The molecule has 46 heavy (non-hydrogen) atoms. The monoisotopic (exact) mass is 700 g/mol. The van der Waals surface area contributed by atoms with Crippen molar-refractivity contribution in [2.75, 3.05) is 9.44 Å². The van der Waals surface area contributed by atoms with Gasteiger partial charge >= 0.3 is 18.9 Å². The predicted molar refractivity (Wildman–Crippen MR) is 145 cm³/mol. The molecule has 0 spiro atoms. The lowest BCUT2D eigenvalue weighted by Crippen LogP contribution is -2.19. The van der Waals surface area contributed by atoms with Crippen LogP contribution in [0.15, 0.2) is 101 Å². The molecule has 0 heterocycles. The molecular weight excluding hydrogens is 683 g/mol. The Balaban J connectivity index is 1.74. The van der Waals surface area contributed by atoms with Gasteiger partial charge in [0, 0.05) is 0 Å². The normalized spacial score (nSPS) is 12.8. The first-order chi connectivity index (χ1) is 21.1. The average Bonchev–Trinajstić information content (AvgIpc) is 2.92. The third-order valence-electron chi connectivity index (χ3n) is 5.77. The van der Waals surface area contributed by atoms with E-state index in [0.29, 0.717) is 24.3 Å². The first-order valence-electron chi connectivity index (χ1n) is 12.2. The molecule has 0 saturated heterocycles. The van der Waals surface area contributed by atoms with Crippen molar-refractivity contribution in [2.24, 2.45) is 0 Å². The summed E-state index contributed by atoms with van der Waals surface area (Å²) >= 11 is 0. The van der Waals surface area contributed by atoms with Crippen LogP contribution in [0.2, 0.25) is 0 Å². The number of benzene rings is 4. The fourth-order valence-corrected chi connectivity index (χ4v) is 6.01. The van der Waals surface area contributed by atoms with Gasteiger partial charge in [-0.3, -0.25) is 9.44 Å². The average molecular weight is 701 g/mol. The number of nitrogens with one attached hydrogen (secondary N) is 2. The maximum absolute atomic E-state index is 13.2. The molecule has 246 valence electrons. The minimum absolute atomic E-state index is 0.118. The summed E-state index contributed by atoms with van der Waals surface area (Å²) in [6, 6.07) is 13.1. The van der Waals surface area contributed by atoms with Gasteiger partial charge in [-0.1, -0.05) is 24.3 Å². The van der Waals surface area contributed by atoms with Crippen LogP contribution in [-0.4, -0.2) is 29.6 Å². The molecule has 0 aliphatic carbocycles. The topological polar surface area (TPSA) is 111 Å². The molecule has 0 aliphatic rings. The van der Waals surface area contributed by atoms with Crippen molar-refractivity contribution in [1.82, 2.24) is 0 Å². The number of hydrogen-bond acceptors (Lipinski definition) is 6. The molecular formula is C27H17F9N2O6S2. The standard InChI is InChI=1S/C27H17F9N2O6S2/c28-25(29,30)18-2-1-3-22(15-18)46(41,42)37-23-13-6-17(16-4-7-19(8-5-16)43-26(31,32)33)14-24(23)38-45(39,40)21-11-9-20(10-12-21)44-27(34,35)36/h1-15,37-38H. The SMILES string of the molecule is O=S(=O)(Nc1ccc(-c2ccc(OC(F)(F)F)cc2)cc1NS(=O)(=O)c1ccc(OC(F)(F)F)cc1)c1cccc(C(F)(F)F)c1. The highest BCUT2D eigenvalue weighted by molar-refractivity contribution is 7.93. The fraction of sp³-hybridized carbons (Fsp3) is 0.111. The van der Waals surface area contributed by atoms with E-state index in [1.54, 1.807) is 0 Å². The Labute approximate surface area is 254 Å². The van der Waals surface area contributed by atoms with Crippen molar-refractivity contribution >= 4 is 31.4 Å². The highest BCUT2D eigenvalue weighted by atomic mass is 32.2. The number of halogens is 9. The van der Waals surface area contributed by atoms with Crippen LogP contribution in [0.25, 0.3) is 11.1 Å². The zero-order chi connectivity index (χ0) is 34.1. The zero-order valence-corrected chi connectivity index (χ0v) is 24.0. The maximum Gasteiger partial charge on any atom is 0.573 e. The van der Waals surface area contributed by atoms with Gasteiger partial charge in [0.15, 0.2) is 0 Å². The van der Waals surface area contributed by atoms with Crippen LogP contribution in [0.4, 0.5) is 50.9 Å². The Kier molecular flexibility index (Phi) is 9.13. The van der Waals surface area contributed by atoms with Crippen molar-refractivity contribution < 1.29 is 65.8 Å². The van der Waals surface area contributed by atoms with Crippen LogP contribution in [0.5, 0.6) is 11.5 Å². The quantitative estimate of drug-likeness (QED) is 0.173. The highest BCUT2D eigenvalue weighted by Crippen LogP contribution is 2.35. The second kappa shape index (κ2) is 12.3. The van der Waals surface area contributed by atoms with Crippen molar-refractivity contribution in [3.8, 4) is 22.6 Å². The summed E-state index contributed by atoms with van der Waals surface area (Å²) in [5.41, 5.74) is -2.00. The molecule has 0 bridgehead atoms. The van der Waals surface area contributed by atoms with Crippen molar-refractivity contribution in [1.29, 1.82) is 0 Å². The zero-order valence-electron chi connectivity index (χ0n) is 22.3. The van der Waals surface area contributed by atoms with Crippen LogP contribution in [0.3, 0.4) is 0 Å². The van der Waals surface area contributed by atoms with Gasteiger partial charge in [-0.05, 0) is 77.9 Å². The van der Waals surface area contributed by atoms with E-state index in [1.807, 2.05) is 4.72 Å². The molecule has 0 aliphatic heterocycles. The van der Waals surface area contributed by atoms with Crippen LogP contribution < -0.4 is 18.9 Å². The predicted octanol–water partition coefficient (Wildman–Crippen LogP) is 7.77. The van der Waals surface area contributed by atoms with E-state index in [2.05, 4.69) is 14.2 Å². The summed E-state index contributed by atoms with van der Waals surface area (Å²) in [7, 11) is -9.48. The smallest absolute Gasteiger partial charge is 0.406 e. The molecule has 0 saturated carbocycles. The molecule has 19 heteroatoms. The van der Waals surface area contributed by atoms with Gasteiger partial charge in [0.1, 0.15) is 11.5 Å². The lowest BCUT2D eigenvalue weighted by molar-refractivity contribution is -0.275. The lowest BCUT2D eigenvalue weighted by atomic mass is 10.0. The summed E-state index contributed by atoms with van der Waals surface area (Å²) < 4.78 is 179. The number of rotatable bonds is 9. The Morgan fingerprint density at radius 3 is 1.50 bits per heavy atom. The molecule has 4 aromatic carbocycles. The summed E-state index contributed by atoms with van der Waals surface area (Å²) in [4.78, 5) is -1.44. The van der Waals surface area contributed by atoms with Gasteiger partial charge in [-0.2, -0.15) is 13.2 Å². The van der Waals surface area contributed by atoms with E-state index in [-0.39, 0.29) is 11.1 Å². The molecule has 0 atom stereocenters. The fourth-order valence-electron chi connectivity index (χ4n) is 3.81.